The van der Waals surface area contributed by atoms with Crippen molar-refractivity contribution in [3.8, 4) is 0 Å². The summed E-state index contributed by atoms with van der Waals surface area (Å²) in [5.41, 5.74) is 0.295. The number of hydrogen-bond acceptors (Lipinski definition) is 5. The van der Waals surface area contributed by atoms with Crippen LogP contribution in [0.3, 0.4) is 0 Å². The fourth-order valence-corrected chi connectivity index (χ4v) is 1.92. The van der Waals surface area contributed by atoms with E-state index in [0.29, 0.717) is 0 Å². The molecule has 0 radical (unpaired) electrons. The Morgan fingerprint density at radius 3 is 2.62 bits per heavy atom. The van der Waals surface area contributed by atoms with Gasteiger partial charge in [-0.3, -0.25) is 9.78 Å². The van der Waals surface area contributed by atoms with Crippen LogP contribution in [0.4, 0.5) is 5.69 Å². The standard InChI is InChI=1S/C16H13ClN2O5/c1-9(24-16(23)11-3-2-6-18-8-11)14(20)19-13-7-10(15(21)22)4-5-12(13)17/h2-9H,1H3,(H,19,20)(H,21,22). The van der Waals surface area contributed by atoms with Gasteiger partial charge in [-0.05, 0) is 37.3 Å². The molecule has 1 aromatic heterocycles. The zero-order valence-corrected chi connectivity index (χ0v) is 13.3. The van der Waals surface area contributed by atoms with E-state index in [4.69, 9.17) is 21.4 Å². The first kappa shape index (κ1) is 17.4. The number of carbonyl (C=O) groups excluding carboxylic acids is 2. The number of carboxylic acid groups (broad SMARTS) is 1. The summed E-state index contributed by atoms with van der Waals surface area (Å²) in [6.07, 6.45) is 1.71. The van der Waals surface area contributed by atoms with Gasteiger partial charge in [0.25, 0.3) is 5.91 Å². The Kier molecular flexibility index (Phi) is 5.49. The molecule has 124 valence electrons. The lowest BCUT2D eigenvalue weighted by molar-refractivity contribution is -0.123. The number of nitrogens with zero attached hydrogens (tertiary/aromatic N) is 1. The Bertz CT molecular complexity index is 779. The Balaban J connectivity index is 2.05. The SMILES string of the molecule is CC(OC(=O)c1cccnc1)C(=O)Nc1cc(C(=O)O)ccc1Cl. The maximum Gasteiger partial charge on any atom is 0.340 e. The number of anilines is 1. The van der Waals surface area contributed by atoms with Gasteiger partial charge < -0.3 is 15.2 Å². The lowest BCUT2D eigenvalue weighted by Gasteiger charge is -2.14. The Hall–Kier alpha value is -2.93. The number of aromatic carboxylic acids is 1. The predicted molar refractivity (Wildman–Crippen MR) is 86.2 cm³/mol. The molecule has 0 spiro atoms. The van der Waals surface area contributed by atoms with Crippen molar-refractivity contribution in [2.45, 2.75) is 13.0 Å². The van der Waals surface area contributed by atoms with Crippen LogP contribution in [0.1, 0.15) is 27.6 Å². The summed E-state index contributed by atoms with van der Waals surface area (Å²) in [5, 5.41) is 11.6. The quantitative estimate of drug-likeness (QED) is 0.804. The molecule has 24 heavy (non-hydrogen) atoms. The minimum Gasteiger partial charge on any atom is -0.478 e. The number of rotatable bonds is 5. The van der Waals surface area contributed by atoms with Gasteiger partial charge in [-0.25, -0.2) is 9.59 Å². The van der Waals surface area contributed by atoms with Gasteiger partial charge in [0, 0.05) is 12.4 Å². The molecule has 0 fully saturated rings. The van der Waals surface area contributed by atoms with Crippen molar-refractivity contribution in [1.82, 2.24) is 4.98 Å². The van der Waals surface area contributed by atoms with Crippen molar-refractivity contribution in [2.24, 2.45) is 0 Å². The Morgan fingerprint density at radius 1 is 1.25 bits per heavy atom. The van der Waals surface area contributed by atoms with E-state index in [9.17, 15) is 14.4 Å². The number of carboxylic acids is 1. The summed E-state index contributed by atoms with van der Waals surface area (Å²) in [6, 6.07) is 6.96. The third kappa shape index (κ3) is 4.30. The zero-order chi connectivity index (χ0) is 17.7. The summed E-state index contributed by atoms with van der Waals surface area (Å²) >= 11 is 5.93. The van der Waals surface area contributed by atoms with Gasteiger partial charge in [0.2, 0.25) is 0 Å². The van der Waals surface area contributed by atoms with Crippen LogP contribution in [0.25, 0.3) is 0 Å². The molecule has 2 rings (SSSR count). The van der Waals surface area contributed by atoms with Crippen molar-refractivity contribution >= 4 is 35.1 Å². The first-order chi connectivity index (χ1) is 11.4. The number of ether oxygens (including phenoxy) is 1. The van der Waals surface area contributed by atoms with E-state index in [1.807, 2.05) is 0 Å². The molecule has 1 atom stereocenters. The van der Waals surface area contributed by atoms with Crippen LogP contribution in [0.5, 0.6) is 0 Å². The van der Waals surface area contributed by atoms with E-state index < -0.39 is 23.9 Å². The molecule has 0 aliphatic rings. The molecule has 1 heterocycles. The second-order valence-corrected chi connectivity index (χ2v) is 5.19. The highest BCUT2D eigenvalue weighted by atomic mass is 35.5. The molecule has 1 aromatic carbocycles. The molecule has 0 saturated heterocycles. The first-order valence-electron chi connectivity index (χ1n) is 6.83. The van der Waals surface area contributed by atoms with Crippen molar-refractivity contribution in [2.75, 3.05) is 5.32 Å². The smallest absolute Gasteiger partial charge is 0.340 e. The number of halogens is 1. The summed E-state index contributed by atoms with van der Waals surface area (Å²) in [6.45, 7) is 1.39. The van der Waals surface area contributed by atoms with E-state index in [1.54, 1.807) is 6.07 Å². The normalized spacial score (nSPS) is 11.4. The second-order valence-electron chi connectivity index (χ2n) is 4.78. The van der Waals surface area contributed by atoms with Crippen LogP contribution in [0, 0.1) is 0 Å². The highest BCUT2D eigenvalue weighted by Gasteiger charge is 2.20. The molecule has 0 bridgehead atoms. The minimum absolute atomic E-state index is 0.0327. The van der Waals surface area contributed by atoms with Crippen molar-refractivity contribution in [1.29, 1.82) is 0 Å². The molecule has 0 saturated carbocycles. The predicted octanol–water partition coefficient (Wildman–Crippen LogP) is 2.62. The third-order valence-electron chi connectivity index (χ3n) is 3.02. The largest absolute Gasteiger partial charge is 0.478 e. The van der Waals surface area contributed by atoms with Crippen molar-refractivity contribution in [3.05, 3.63) is 58.9 Å². The molecule has 2 N–H and O–H groups in total. The summed E-state index contributed by atoms with van der Waals surface area (Å²) < 4.78 is 5.04. The molecular weight excluding hydrogens is 336 g/mol. The summed E-state index contributed by atoms with van der Waals surface area (Å²) in [5.74, 6) is -2.49. The third-order valence-corrected chi connectivity index (χ3v) is 3.35. The second kappa shape index (κ2) is 7.56. The van der Waals surface area contributed by atoms with Gasteiger partial charge in [0.1, 0.15) is 0 Å². The van der Waals surface area contributed by atoms with Crippen LogP contribution >= 0.6 is 11.6 Å². The maximum atomic E-state index is 12.1. The first-order valence-corrected chi connectivity index (χ1v) is 7.21. The van der Waals surface area contributed by atoms with Crippen LogP contribution in [-0.4, -0.2) is 34.0 Å². The van der Waals surface area contributed by atoms with Crippen LogP contribution in [-0.2, 0) is 9.53 Å². The number of aromatic nitrogens is 1. The van der Waals surface area contributed by atoms with Crippen molar-refractivity contribution < 1.29 is 24.2 Å². The van der Waals surface area contributed by atoms with Gasteiger partial charge in [-0.15, -0.1) is 0 Å². The molecule has 1 unspecified atom stereocenters. The van der Waals surface area contributed by atoms with Gasteiger partial charge >= 0.3 is 11.9 Å². The van der Waals surface area contributed by atoms with Crippen molar-refractivity contribution in [3.63, 3.8) is 0 Å². The molecule has 0 aliphatic carbocycles. The van der Waals surface area contributed by atoms with E-state index >= 15 is 0 Å². The maximum absolute atomic E-state index is 12.1. The number of hydrogen-bond donors (Lipinski definition) is 2. The number of pyridine rings is 1. The van der Waals surface area contributed by atoms with Crippen LogP contribution < -0.4 is 5.32 Å². The van der Waals surface area contributed by atoms with Gasteiger partial charge in [-0.2, -0.15) is 0 Å². The number of esters is 1. The fraction of sp³-hybridized carbons (Fsp3) is 0.125. The molecule has 0 aliphatic heterocycles. The van der Waals surface area contributed by atoms with E-state index in [0.717, 1.165) is 0 Å². The number of benzene rings is 1. The van der Waals surface area contributed by atoms with E-state index in [1.165, 1.54) is 43.6 Å². The van der Waals surface area contributed by atoms with E-state index in [2.05, 4.69) is 10.3 Å². The van der Waals surface area contributed by atoms with Crippen LogP contribution in [0.15, 0.2) is 42.7 Å². The Morgan fingerprint density at radius 2 is 2.00 bits per heavy atom. The molecule has 2 aromatic rings. The van der Waals surface area contributed by atoms with Gasteiger partial charge in [0.05, 0.1) is 21.8 Å². The highest BCUT2D eigenvalue weighted by molar-refractivity contribution is 6.33. The molecule has 1 amide bonds. The lowest BCUT2D eigenvalue weighted by Crippen LogP contribution is -2.30. The number of carbonyl (C=O) groups is 3. The monoisotopic (exact) mass is 348 g/mol. The van der Waals surface area contributed by atoms with Gasteiger partial charge in [-0.1, -0.05) is 11.6 Å². The summed E-state index contributed by atoms with van der Waals surface area (Å²) in [4.78, 5) is 38.7. The average Bonchev–Trinajstić information content (AvgIpc) is 2.57. The summed E-state index contributed by atoms with van der Waals surface area (Å²) in [7, 11) is 0. The number of amides is 1. The topological polar surface area (TPSA) is 106 Å². The molecular formula is C16H13ClN2O5. The fourth-order valence-electron chi connectivity index (χ4n) is 1.75. The molecule has 7 nitrogen and oxygen atoms in total. The average molecular weight is 349 g/mol. The lowest BCUT2D eigenvalue weighted by atomic mass is 10.2. The minimum atomic E-state index is -1.15. The van der Waals surface area contributed by atoms with E-state index in [-0.39, 0.29) is 21.8 Å². The zero-order valence-electron chi connectivity index (χ0n) is 12.5. The van der Waals surface area contributed by atoms with Crippen LogP contribution in [0.2, 0.25) is 5.02 Å². The number of nitrogens with one attached hydrogen (secondary N) is 1. The van der Waals surface area contributed by atoms with Gasteiger partial charge in [0.15, 0.2) is 6.10 Å². The molecule has 8 heteroatoms. The highest BCUT2D eigenvalue weighted by Crippen LogP contribution is 2.23. The Labute approximate surface area is 142 Å².